The number of imidazole rings is 1. The summed E-state index contributed by atoms with van der Waals surface area (Å²) in [6, 6.07) is 5.52. The molecule has 3 rings (SSSR count). The lowest BCUT2D eigenvalue weighted by Crippen LogP contribution is -2.23. The lowest BCUT2D eigenvalue weighted by Gasteiger charge is -2.12. The number of aryl methyl sites for hydroxylation is 1. The standard InChI is InChI=1S/C18H18F3N3O5S3/c1-4-31(26,27)14-8-9-15(32(28,29)5-2)23-16(14)17-22-12-10-11(30(25)18(19,20)21)6-7-13(12)24(17)3/h6-10H,4-5H2,1-3H3. The quantitative estimate of drug-likeness (QED) is 0.468. The molecule has 0 bridgehead atoms. The zero-order chi connectivity index (χ0) is 24.1. The first-order valence-corrected chi connectivity index (χ1v) is 13.6. The highest BCUT2D eigenvalue weighted by molar-refractivity contribution is 7.92. The molecule has 0 radical (unpaired) electrons. The van der Waals surface area contributed by atoms with Crippen molar-refractivity contribution in [3.63, 3.8) is 0 Å². The van der Waals surface area contributed by atoms with Gasteiger partial charge >= 0.3 is 5.51 Å². The predicted octanol–water partition coefficient (Wildman–Crippen LogP) is 2.85. The molecule has 1 unspecified atom stereocenters. The summed E-state index contributed by atoms with van der Waals surface area (Å²) in [6.07, 6.45) is 0. The van der Waals surface area contributed by atoms with Gasteiger partial charge < -0.3 is 9.12 Å². The van der Waals surface area contributed by atoms with Crippen LogP contribution in [0.3, 0.4) is 0 Å². The van der Waals surface area contributed by atoms with Gasteiger partial charge in [-0.2, -0.15) is 0 Å². The van der Waals surface area contributed by atoms with Crippen molar-refractivity contribution in [2.45, 2.75) is 34.2 Å². The van der Waals surface area contributed by atoms with Crippen LogP contribution in [0.2, 0.25) is 0 Å². The SMILES string of the molecule is CCS(=O)(=O)c1ccc(S(=O)(=O)CC)c(-c2nc3cc([S+]([O-])C(F)(F)F)ccc3n2C)n1. The topological polar surface area (TPSA) is 122 Å². The lowest BCUT2D eigenvalue weighted by molar-refractivity contribution is -0.0435. The Hall–Kier alpha value is -2.16. The molecule has 174 valence electrons. The second kappa shape index (κ2) is 8.32. The van der Waals surface area contributed by atoms with Gasteiger partial charge in [-0.15, -0.1) is 13.2 Å². The van der Waals surface area contributed by atoms with Gasteiger partial charge in [-0.1, -0.05) is 13.8 Å². The Morgan fingerprint density at radius 1 is 1.00 bits per heavy atom. The fourth-order valence-corrected chi connectivity index (χ4v) is 5.45. The molecule has 0 amide bonds. The average Bonchev–Trinajstić information content (AvgIpc) is 3.07. The third kappa shape index (κ3) is 4.36. The van der Waals surface area contributed by atoms with Crippen LogP contribution in [-0.4, -0.2) is 52.9 Å². The van der Waals surface area contributed by atoms with E-state index in [0.29, 0.717) is 5.52 Å². The van der Waals surface area contributed by atoms with E-state index in [1.165, 1.54) is 31.5 Å². The number of aromatic nitrogens is 3. The molecule has 0 fully saturated rings. The number of rotatable bonds is 6. The van der Waals surface area contributed by atoms with Gasteiger partial charge in [0, 0.05) is 13.1 Å². The Morgan fingerprint density at radius 3 is 2.19 bits per heavy atom. The lowest BCUT2D eigenvalue weighted by atomic mass is 10.3. The summed E-state index contributed by atoms with van der Waals surface area (Å²) in [4.78, 5) is 7.49. The van der Waals surface area contributed by atoms with Crippen LogP contribution in [0.4, 0.5) is 13.2 Å². The molecule has 8 nitrogen and oxygen atoms in total. The molecule has 0 N–H and O–H groups in total. The third-order valence-corrected chi connectivity index (χ3v) is 9.22. The molecule has 0 aliphatic heterocycles. The van der Waals surface area contributed by atoms with Crippen molar-refractivity contribution in [2.75, 3.05) is 11.5 Å². The zero-order valence-electron chi connectivity index (χ0n) is 17.0. The van der Waals surface area contributed by atoms with E-state index in [1.54, 1.807) is 0 Å². The molecule has 0 spiro atoms. The van der Waals surface area contributed by atoms with Gasteiger partial charge in [-0.25, -0.2) is 26.8 Å². The first-order valence-electron chi connectivity index (χ1n) is 9.15. The Bertz CT molecular complexity index is 1400. The second-order valence-electron chi connectivity index (χ2n) is 6.66. The van der Waals surface area contributed by atoms with Crippen LogP contribution in [0.15, 0.2) is 45.1 Å². The van der Waals surface area contributed by atoms with E-state index in [-0.39, 0.29) is 38.5 Å². The first-order chi connectivity index (χ1) is 14.7. The molecule has 14 heteroatoms. The van der Waals surface area contributed by atoms with Crippen LogP contribution in [-0.2, 0) is 37.9 Å². The smallest absolute Gasteiger partial charge is 0.578 e. The van der Waals surface area contributed by atoms with Crippen LogP contribution >= 0.6 is 0 Å². The van der Waals surface area contributed by atoms with Crippen LogP contribution in [0.1, 0.15) is 13.8 Å². The zero-order valence-corrected chi connectivity index (χ0v) is 19.5. The number of nitrogens with zero attached hydrogens (tertiary/aromatic N) is 3. The van der Waals surface area contributed by atoms with Gasteiger partial charge in [0.05, 0.1) is 38.6 Å². The maximum atomic E-state index is 12.8. The monoisotopic (exact) mass is 509 g/mol. The Balaban J connectivity index is 2.31. The minimum absolute atomic E-state index is 0.0167. The molecule has 32 heavy (non-hydrogen) atoms. The Kier molecular flexibility index (Phi) is 6.36. The molecule has 1 atom stereocenters. The van der Waals surface area contributed by atoms with E-state index in [4.69, 9.17) is 0 Å². The summed E-state index contributed by atoms with van der Waals surface area (Å²) in [6.45, 7) is 2.81. The molecule has 0 saturated carbocycles. The van der Waals surface area contributed by atoms with Crippen LogP contribution in [0.25, 0.3) is 22.6 Å². The number of pyridine rings is 1. The number of hydrogen-bond donors (Lipinski definition) is 0. The number of fused-ring (bicyclic) bond motifs is 1. The van der Waals surface area contributed by atoms with Crippen molar-refractivity contribution in [3.05, 3.63) is 30.3 Å². The normalized spacial score (nSPS) is 14.1. The summed E-state index contributed by atoms with van der Waals surface area (Å²) in [5, 5.41) is -0.351. The molecule has 0 aliphatic rings. The fourth-order valence-electron chi connectivity index (χ4n) is 2.96. The van der Waals surface area contributed by atoms with Crippen molar-refractivity contribution in [1.29, 1.82) is 0 Å². The summed E-state index contributed by atoms with van der Waals surface area (Å²) in [5.41, 5.74) is -4.87. The van der Waals surface area contributed by atoms with E-state index < -0.39 is 41.3 Å². The maximum absolute atomic E-state index is 12.8. The Morgan fingerprint density at radius 2 is 1.62 bits per heavy atom. The third-order valence-electron chi connectivity index (χ3n) is 4.73. The molecule has 0 aliphatic carbocycles. The van der Waals surface area contributed by atoms with Crippen molar-refractivity contribution in [1.82, 2.24) is 14.5 Å². The van der Waals surface area contributed by atoms with Crippen molar-refractivity contribution in [2.24, 2.45) is 7.05 Å². The largest absolute Gasteiger partial charge is 0.604 e. The molecule has 1 aromatic carbocycles. The Labute approximate surface area is 185 Å². The average molecular weight is 510 g/mol. The number of alkyl halides is 3. The van der Waals surface area contributed by atoms with E-state index in [1.807, 2.05) is 0 Å². The molecule has 2 heterocycles. The van der Waals surface area contributed by atoms with Gasteiger partial charge in [0.2, 0.25) is 0 Å². The predicted molar refractivity (Wildman–Crippen MR) is 112 cm³/mol. The van der Waals surface area contributed by atoms with Crippen LogP contribution < -0.4 is 0 Å². The van der Waals surface area contributed by atoms with Gasteiger partial charge in [-0.3, -0.25) is 0 Å². The first kappa shape index (κ1) is 24.5. The second-order valence-corrected chi connectivity index (χ2v) is 12.6. The van der Waals surface area contributed by atoms with Crippen LogP contribution in [0, 0.1) is 0 Å². The molecule has 3 aromatic rings. The van der Waals surface area contributed by atoms with Gasteiger partial charge in [0.25, 0.3) is 0 Å². The van der Waals surface area contributed by atoms with Crippen molar-refractivity contribution < 1.29 is 34.6 Å². The van der Waals surface area contributed by atoms with Crippen molar-refractivity contribution >= 4 is 41.9 Å². The number of sulfone groups is 2. The maximum Gasteiger partial charge on any atom is 0.578 e. The molecular weight excluding hydrogens is 491 g/mol. The highest BCUT2D eigenvalue weighted by Crippen LogP contribution is 2.34. The summed E-state index contributed by atoms with van der Waals surface area (Å²) in [7, 11) is -6.15. The number of hydrogen-bond acceptors (Lipinski definition) is 7. The summed E-state index contributed by atoms with van der Waals surface area (Å²) in [5.74, 6) is -0.621. The van der Waals surface area contributed by atoms with Gasteiger partial charge in [0.1, 0.15) is 5.69 Å². The van der Waals surface area contributed by atoms with E-state index in [0.717, 1.165) is 24.3 Å². The fraction of sp³-hybridized carbons (Fsp3) is 0.333. The van der Waals surface area contributed by atoms with Crippen molar-refractivity contribution in [3.8, 4) is 11.5 Å². The summed E-state index contributed by atoms with van der Waals surface area (Å²) >= 11 is -3.28. The molecule has 0 saturated heterocycles. The highest BCUT2D eigenvalue weighted by atomic mass is 32.2. The number of benzene rings is 1. The van der Waals surface area contributed by atoms with E-state index >= 15 is 0 Å². The van der Waals surface area contributed by atoms with E-state index in [9.17, 15) is 34.6 Å². The molecular formula is C18H18F3N3O5S3. The minimum Gasteiger partial charge on any atom is -0.604 e. The van der Waals surface area contributed by atoms with Gasteiger partial charge in [0.15, 0.2) is 35.4 Å². The highest BCUT2D eigenvalue weighted by Gasteiger charge is 2.46. The van der Waals surface area contributed by atoms with Gasteiger partial charge in [-0.05, 0) is 24.3 Å². The summed E-state index contributed by atoms with van der Waals surface area (Å²) < 4.78 is 101. The van der Waals surface area contributed by atoms with E-state index in [2.05, 4.69) is 9.97 Å². The molecule has 2 aromatic heterocycles. The van der Waals surface area contributed by atoms with Crippen LogP contribution in [0.5, 0.6) is 0 Å². The minimum atomic E-state index is -4.96. The number of halogens is 3.